The third kappa shape index (κ3) is 5.08. The van der Waals surface area contributed by atoms with E-state index in [2.05, 4.69) is 6.07 Å². The lowest BCUT2D eigenvalue weighted by Crippen LogP contribution is -2.47. The Kier molecular flexibility index (Phi) is 7.35. The summed E-state index contributed by atoms with van der Waals surface area (Å²) in [6.45, 7) is 2.43. The molecule has 0 radical (unpaired) electrons. The van der Waals surface area contributed by atoms with Gasteiger partial charge in [-0.2, -0.15) is 5.26 Å². The molecule has 3 aromatic rings. The van der Waals surface area contributed by atoms with Gasteiger partial charge in [0.1, 0.15) is 0 Å². The predicted molar refractivity (Wildman–Crippen MR) is 138 cm³/mol. The van der Waals surface area contributed by atoms with E-state index >= 15 is 0 Å². The van der Waals surface area contributed by atoms with Crippen molar-refractivity contribution in [1.82, 2.24) is 9.80 Å². The van der Waals surface area contributed by atoms with Gasteiger partial charge in [-0.25, -0.2) is 9.18 Å². The third-order valence-electron chi connectivity index (χ3n) is 7.69. The summed E-state index contributed by atoms with van der Waals surface area (Å²) >= 11 is 0. The van der Waals surface area contributed by atoms with Crippen LogP contribution in [0.1, 0.15) is 48.9 Å². The Bertz CT molecular complexity index is 1380. The van der Waals surface area contributed by atoms with Crippen molar-refractivity contribution in [3.63, 3.8) is 0 Å². The molecule has 0 aliphatic carbocycles. The van der Waals surface area contributed by atoms with Crippen molar-refractivity contribution >= 4 is 22.8 Å². The Balaban J connectivity index is 1.66. The Morgan fingerprint density at radius 1 is 1.19 bits per heavy atom. The summed E-state index contributed by atoms with van der Waals surface area (Å²) in [5, 5.41) is 20.9. The lowest BCUT2D eigenvalue weighted by molar-refractivity contribution is -0.133. The summed E-state index contributed by atoms with van der Waals surface area (Å²) in [6.07, 6.45) is -0.114. The van der Waals surface area contributed by atoms with E-state index in [0.717, 1.165) is 16.3 Å². The van der Waals surface area contributed by atoms with Crippen molar-refractivity contribution in [2.75, 3.05) is 27.2 Å². The average Bonchev–Trinajstić information content (AvgIpc) is 2.91. The molecule has 0 spiro atoms. The molecule has 2 amide bonds. The van der Waals surface area contributed by atoms with Gasteiger partial charge in [0.2, 0.25) is 5.91 Å². The number of fused-ring (bicyclic) bond motifs is 1. The number of nitriles is 1. The Hall–Kier alpha value is -4.12. The number of ether oxygens (including phenoxy) is 1. The average molecular weight is 504 g/mol. The molecule has 0 saturated carbocycles. The highest BCUT2D eigenvalue weighted by atomic mass is 19.1. The molecule has 1 fully saturated rings. The number of hydrogen-bond donors (Lipinski definition) is 1. The number of carboxylic acid groups (broad SMARTS) is 1. The second-order valence-electron chi connectivity index (χ2n) is 9.66. The molecular formula is C29H30FN3O4. The van der Waals surface area contributed by atoms with E-state index in [9.17, 15) is 24.3 Å². The van der Waals surface area contributed by atoms with E-state index in [1.165, 1.54) is 18.1 Å². The van der Waals surface area contributed by atoms with Crippen LogP contribution in [0, 0.1) is 17.1 Å². The number of carbonyl (C=O) groups is 2. The van der Waals surface area contributed by atoms with E-state index in [0.29, 0.717) is 24.0 Å². The van der Waals surface area contributed by atoms with Crippen LogP contribution in [0.3, 0.4) is 0 Å². The quantitative estimate of drug-likeness (QED) is 0.481. The minimum Gasteiger partial charge on any atom is -0.494 e. The second kappa shape index (κ2) is 10.5. The minimum absolute atomic E-state index is 0.100. The monoisotopic (exact) mass is 503 g/mol. The maximum absolute atomic E-state index is 14.7. The van der Waals surface area contributed by atoms with Crippen LogP contribution in [0.25, 0.3) is 10.8 Å². The normalized spacial score (nSPS) is 15.6. The summed E-state index contributed by atoms with van der Waals surface area (Å²) in [7, 11) is 3.12. The molecule has 1 saturated heterocycles. The summed E-state index contributed by atoms with van der Waals surface area (Å²) in [4.78, 5) is 28.2. The number of likely N-dealkylation sites (tertiary alicyclic amines) is 1. The van der Waals surface area contributed by atoms with E-state index in [1.54, 1.807) is 24.1 Å². The highest BCUT2D eigenvalue weighted by molar-refractivity contribution is 5.88. The first-order valence-electron chi connectivity index (χ1n) is 12.2. The fourth-order valence-corrected chi connectivity index (χ4v) is 5.28. The number of rotatable bonds is 6. The Morgan fingerprint density at radius 2 is 1.89 bits per heavy atom. The molecule has 0 bridgehead atoms. The van der Waals surface area contributed by atoms with Crippen molar-refractivity contribution in [1.29, 1.82) is 5.26 Å². The van der Waals surface area contributed by atoms with Crippen molar-refractivity contribution in [2.24, 2.45) is 0 Å². The van der Waals surface area contributed by atoms with Gasteiger partial charge in [-0.05, 0) is 65.9 Å². The van der Waals surface area contributed by atoms with Crippen LogP contribution in [0.5, 0.6) is 5.75 Å². The molecule has 7 nitrogen and oxygen atoms in total. The zero-order chi connectivity index (χ0) is 26.7. The van der Waals surface area contributed by atoms with Crippen LogP contribution in [0.2, 0.25) is 0 Å². The van der Waals surface area contributed by atoms with Crippen molar-refractivity contribution in [2.45, 2.75) is 37.6 Å². The number of nitrogens with zero attached hydrogens (tertiary/aromatic N) is 3. The number of carbonyl (C=O) groups excluding carboxylic acids is 1. The Morgan fingerprint density at radius 3 is 2.51 bits per heavy atom. The number of amides is 2. The molecular weight excluding hydrogens is 473 g/mol. The number of halogens is 1. The first-order valence-corrected chi connectivity index (χ1v) is 12.2. The topological polar surface area (TPSA) is 93.9 Å². The fraction of sp³-hybridized carbons (Fsp3) is 0.345. The number of piperidine rings is 1. The van der Waals surface area contributed by atoms with Gasteiger partial charge in [0.25, 0.3) is 0 Å². The third-order valence-corrected chi connectivity index (χ3v) is 7.69. The van der Waals surface area contributed by atoms with Gasteiger partial charge in [-0.3, -0.25) is 4.79 Å². The van der Waals surface area contributed by atoms with Gasteiger partial charge in [-0.1, -0.05) is 30.3 Å². The van der Waals surface area contributed by atoms with Gasteiger partial charge in [0.05, 0.1) is 24.8 Å². The summed E-state index contributed by atoms with van der Waals surface area (Å²) in [6, 6.07) is 18.0. The van der Waals surface area contributed by atoms with Gasteiger partial charge in [-0.15, -0.1) is 0 Å². The second-order valence-corrected chi connectivity index (χ2v) is 9.66. The standard InChI is InChI=1S/C29H30FN3O4/c1-19(24-15-20(18-31)14-21-6-4-5-7-23(21)24)32(2)27(34)17-29(10-12-33(13-11-29)28(35)36)22-8-9-26(37-3)25(30)16-22/h4-9,14-16,19H,10-13,17H2,1-3H3,(H,35,36). The SMILES string of the molecule is COc1ccc(C2(CC(=O)N(C)C(C)c3cc(C#N)cc4ccccc34)CCN(C(=O)O)CC2)cc1F. The molecule has 1 aliphatic heterocycles. The molecule has 1 heterocycles. The van der Waals surface area contributed by atoms with E-state index < -0.39 is 17.3 Å². The molecule has 3 aromatic carbocycles. The Labute approximate surface area is 215 Å². The summed E-state index contributed by atoms with van der Waals surface area (Å²) < 4.78 is 19.8. The first-order chi connectivity index (χ1) is 17.7. The van der Waals surface area contributed by atoms with Crippen LogP contribution in [-0.2, 0) is 10.2 Å². The largest absolute Gasteiger partial charge is 0.494 e. The summed E-state index contributed by atoms with van der Waals surface area (Å²) in [5.74, 6) is -0.545. The maximum Gasteiger partial charge on any atom is 0.407 e. The highest BCUT2D eigenvalue weighted by Crippen LogP contribution is 2.41. The van der Waals surface area contributed by atoms with E-state index in [1.807, 2.05) is 43.3 Å². The zero-order valence-corrected chi connectivity index (χ0v) is 21.2. The van der Waals surface area contributed by atoms with Crippen LogP contribution in [-0.4, -0.2) is 54.2 Å². The zero-order valence-electron chi connectivity index (χ0n) is 21.2. The lowest BCUT2D eigenvalue weighted by Gasteiger charge is -2.42. The molecule has 8 heteroatoms. The van der Waals surface area contributed by atoms with E-state index in [4.69, 9.17) is 4.74 Å². The van der Waals surface area contributed by atoms with Crippen LogP contribution in [0.15, 0.2) is 54.6 Å². The van der Waals surface area contributed by atoms with Gasteiger partial charge >= 0.3 is 6.09 Å². The maximum atomic E-state index is 14.7. The van der Waals surface area contributed by atoms with Gasteiger partial charge in [0.15, 0.2) is 11.6 Å². The molecule has 1 unspecified atom stereocenters. The number of benzene rings is 3. The fourth-order valence-electron chi connectivity index (χ4n) is 5.28. The highest BCUT2D eigenvalue weighted by Gasteiger charge is 2.41. The predicted octanol–water partition coefficient (Wildman–Crippen LogP) is 5.48. The summed E-state index contributed by atoms with van der Waals surface area (Å²) in [5.41, 5.74) is 1.33. The molecule has 192 valence electrons. The first kappa shape index (κ1) is 26.0. The van der Waals surface area contributed by atoms with Crippen LogP contribution < -0.4 is 4.74 Å². The molecule has 4 rings (SSSR count). The van der Waals surface area contributed by atoms with Crippen molar-refractivity contribution in [3.05, 3.63) is 77.1 Å². The lowest BCUT2D eigenvalue weighted by atomic mass is 9.70. The van der Waals surface area contributed by atoms with Crippen molar-refractivity contribution in [3.8, 4) is 11.8 Å². The molecule has 0 aromatic heterocycles. The number of hydrogen-bond acceptors (Lipinski definition) is 4. The van der Waals surface area contributed by atoms with Gasteiger partial charge in [0, 0.05) is 32.0 Å². The van der Waals surface area contributed by atoms with Crippen LogP contribution >= 0.6 is 0 Å². The molecule has 1 atom stereocenters. The van der Waals surface area contributed by atoms with Gasteiger partial charge < -0.3 is 19.6 Å². The van der Waals surface area contributed by atoms with Crippen LogP contribution in [0.4, 0.5) is 9.18 Å². The molecule has 37 heavy (non-hydrogen) atoms. The molecule has 1 N–H and O–H groups in total. The minimum atomic E-state index is -1.00. The van der Waals surface area contributed by atoms with E-state index in [-0.39, 0.29) is 37.2 Å². The molecule has 1 aliphatic rings. The smallest absolute Gasteiger partial charge is 0.407 e. The van der Waals surface area contributed by atoms with Crippen molar-refractivity contribution < 1.29 is 23.8 Å². The number of methoxy groups -OCH3 is 1.